The molecule has 1 aromatic carbocycles. The lowest BCUT2D eigenvalue weighted by Crippen LogP contribution is -2.08. The van der Waals surface area contributed by atoms with Crippen LogP contribution in [-0.4, -0.2) is 11.5 Å². The summed E-state index contributed by atoms with van der Waals surface area (Å²) in [5, 5.41) is 6.80. The molecule has 0 spiro atoms. The van der Waals surface area contributed by atoms with Crippen LogP contribution in [0.15, 0.2) is 47.1 Å². The fraction of sp³-hybridized carbons (Fsp3) is 0.312. The van der Waals surface area contributed by atoms with Gasteiger partial charge in [-0.25, -0.2) is 4.98 Å². The van der Waals surface area contributed by atoms with Crippen molar-refractivity contribution >= 4 is 27.4 Å². The van der Waals surface area contributed by atoms with Gasteiger partial charge in [0.1, 0.15) is 5.82 Å². The number of anilines is 2. The third kappa shape index (κ3) is 4.23. The maximum atomic E-state index is 4.31. The van der Waals surface area contributed by atoms with E-state index >= 15 is 0 Å². The van der Waals surface area contributed by atoms with E-state index in [-0.39, 0.29) is 6.04 Å². The fourth-order valence-electron chi connectivity index (χ4n) is 1.98. The molecule has 4 heteroatoms. The van der Waals surface area contributed by atoms with E-state index in [0.29, 0.717) is 0 Å². The Hall–Kier alpha value is -1.55. The molecule has 0 aliphatic carbocycles. The maximum Gasteiger partial charge on any atom is 0.127 e. The Morgan fingerprint density at radius 3 is 2.85 bits per heavy atom. The van der Waals surface area contributed by atoms with Crippen LogP contribution in [0, 0.1) is 0 Å². The largest absolute Gasteiger partial charge is 0.378 e. The summed E-state index contributed by atoms with van der Waals surface area (Å²) in [5.74, 6) is 0.915. The van der Waals surface area contributed by atoms with Crippen molar-refractivity contribution in [3.05, 3.63) is 52.6 Å². The molecule has 2 N–H and O–H groups in total. The van der Waals surface area contributed by atoms with E-state index in [4.69, 9.17) is 0 Å². The molecule has 1 unspecified atom stereocenters. The van der Waals surface area contributed by atoms with E-state index in [2.05, 4.69) is 63.6 Å². The highest BCUT2D eigenvalue weighted by atomic mass is 79.9. The number of hydrogen-bond acceptors (Lipinski definition) is 3. The molecule has 1 heterocycles. The van der Waals surface area contributed by atoms with E-state index in [1.807, 2.05) is 24.4 Å². The zero-order chi connectivity index (χ0) is 14.4. The molecule has 0 aliphatic heterocycles. The molecule has 1 aromatic heterocycles. The molecule has 0 saturated heterocycles. The average molecular weight is 334 g/mol. The zero-order valence-corrected chi connectivity index (χ0v) is 13.4. The van der Waals surface area contributed by atoms with Crippen LogP contribution in [0.3, 0.4) is 0 Å². The molecule has 2 rings (SSSR count). The first-order chi connectivity index (χ1) is 9.69. The van der Waals surface area contributed by atoms with Crippen LogP contribution in [-0.2, 0) is 0 Å². The van der Waals surface area contributed by atoms with E-state index in [0.717, 1.165) is 28.9 Å². The first kappa shape index (κ1) is 14.9. The third-order valence-electron chi connectivity index (χ3n) is 3.05. The monoisotopic (exact) mass is 333 g/mol. The van der Waals surface area contributed by atoms with Gasteiger partial charge in [-0.15, -0.1) is 0 Å². The van der Waals surface area contributed by atoms with Crippen molar-refractivity contribution < 1.29 is 0 Å². The Morgan fingerprint density at radius 1 is 1.25 bits per heavy atom. The van der Waals surface area contributed by atoms with Crippen LogP contribution >= 0.6 is 15.9 Å². The highest BCUT2D eigenvalue weighted by molar-refractivity contribution is 9.10. The standard InChI is InChI=1S/C16H20BrN3/c1-3-8-18-16-11-15(7-9-19-16)20-12(2)13-5-4-6-14(17)10-13/h4-7,9-12H,3,8H2,1-2H3,(H2,18,19,20). The number of halogens is 1. The first-order valence-electron chi connectivity index (χ1n) is 6.91. The molecule has 1 atom stereocenters. The van der Waals surface area contributed by atoms with E-state index in [9.17, 15) is 0 Å². The van der Waals surface area contributed by atoms with Crippen molar-refractivity contribution in [1.82, 2.24) is 4.98 Å². The Bertz CT molecular complexity index is 557. The predicted molar refractivity (Wildman–Crippen MR) is 89.2 cm³/mol. The fourth-order valence-corrected chi connectivity index (χ4v) is 2.40. The third-order valence-corrected chi connectivity index (χ3v) is 3.54. The van der Waals surface area contributed by atoms with Crippen LogP contribution in [0.2, 0.25) is 0 Å². The second-order valence-corrected chi connectivity index (χ2v) is 5.69. The minimum atomic E-state index is 0.244. The van der Waals surface area contributed by atoms with Gasteiger partial charge in [-0.3, -0.25) is 0 Å². The van der Waals surface area contributed by atoms with Gasteiger partial charge < -0.3 is 10.6 Å². The van der Waals surface area contributed by atoms with Crippen molar-refractivity contribution in [2.75, 3.05) is 17.2 Å². The molecule has 0 saturated carbocycles. The van der Waals surface area contributed by atoms with E-state index < -0.39 is 0 Å². The smallest absolute Gasteiger partial charge is 0.127 e. The lowest BCUT2D eigenvalue weighted by atomic mass is 10.1. The number of hydrogen-bond donors (Lipinski definition) is 2. The molecule has 0 bridgehead atoms. The summed E-state index contributed by atoms with van der Waals surface area (Å²) >= 11 is 3.51. The Morgan fingerprint density at radius 2 is 2.10 bits per heavy atom. The van der Waals surface area contributed by atoms with Crippen molar-refractivity contribution in [2.45, 2.75) is 26.3 Å². The van der Waals surface area contributed by atoms with E-state index in [1.165, 1.54) is 5.56 Å². The van der Waals surface area contributed by atoms with Crippen molar-refractivity contribution in [3.8, 4) is 0 Å². The molecule has 3 nitrogen and oxygen atoms in total. The number of nitrogens with one attached hydrogen (secondary N) is 2. The van der Waals surface area contributed by atoms with Crippen LogP contribution in [0.4, 0.5) is 11.5 Å². The molecule has 0 radical (unpaired) electrons. The van der Waals surface area contributed by atoms with Gasteiger partial charge in [0.05, 0.1) is 0 Å². The van der Waals surface area contributed by atoms with Crippen LogP contribution in [0.25, 0.3) is 0 Å². The van der Waals surface area contributed by atoms with Crippen LogP contribution in [0.1, 0.15) is 31.9 Å². The molecule has 2 aromatic rings. The Balaban J connectivity index is 2.05. The number of nitrogens with zero attached hydrogens (tertiary/aromatic N) is 1. The van der Waals surface area contributed by atoms with Gasteiger partial charge in [0.2, 0.25) is 0 Å². The summed E-state index contributed by atoms with van der Waals surface area (Å²) in [7, 11) is 0. The molecular weight excluding hydrogens is 314 g/mol. The zero-order valence-electron chi connectivity index (χ0n) is 11.9. The number of aromatic nitrogens is 1. The summed E-state index contributed by atoms with van der Waals surface area (Å²) in [6.07, 6.45) is 2.92. The van der Waals surface area contributed by atoms with Crippen molar-refractivity contribution in [2.24, 2.45) is 0 Å². The maximum absolute atomic E-state index is 4.31. The van der Waals surface area contributed by atoms with Gasteiger partial charge in [0.25, 0.3) is 0 Å². The van der Waals surface area contributed by atoms with Crippen LogP contribution in [0.5, 0.6) is 0 Å². The molecule has 20 heavy (non-hydrogen) atoms. The topological polar surface area (TPSA) is 37.0 Å². The minimum Gasteiger partial charge on any atom is -0.378 e. The second kappa shape index (κ2) is 7.29. The van der Waals surface area contributed by atoms with Gasteiger partial charge in [0, 0.05) is 35.0 Å². The second-order valence-electron chi connectivity index (χ2n) is 4.78. The molecule has 0 amide bonds. The minimum absolute atomic E-state index is 0.244. The quantitative estimate of drug-likeness (QED) is 0.794. The summed E-state index contributed by atoms with van der Waals surface area (Å²) in [4.78, 5) is 4.31. The molecular formula is C16H20BrN3. The normalized spacial score (nSPS) is 11.9. The SMILES string of the molecule is CCCNc1cc(NC(C)c2cccc(Br)c2)ccn1. The van der Waals surface area contributed by atoms with Crippen molar-refractivity contribution in [3.63, 3.8) is 0 Å². The lowest BCUT2D eigenvalue weighted by Gasteiger charge is -2.16. The van der Waals surface area contributed by atoms with Crippen molar-refractivity contribution in [1.29, 1.82) is 0 Å². The first-order valence-corrected chi connectivity index (χ1v) is 7.70. The summed E-state index contributed by atoms with van der Waals surface area (Å²) in [6, 6.07) is 12.6. The number of benzene rings is 1. The van der Waals surface area contributed by atoms with Gasteiger partial charge in [-0.2, -0.15) is 0 Å². The summed E-state index contributed by atoms with van der Waals surface area (Å²) < 4.78 is 1.10. The lowest BCUT2D eigenvalue weighted by molar-refractivity contribution is 0.882. The highest BCUT2D eigenvalue weighted by Gasteiger charge is 2.06. The highest BCUT2D eigenvalue weighted by Crippen LogP contribution is 2.22. The Labute approximate surface area is 129 Å². The van der Waals surface area contributed by atoms with Gasteiger partial charge in [-0.1, -0.05) is 35.0 Å². The van der Waals surface area contributed by atoms with Gasteiger partial charge in [-0.05, 0) is 37.1 Å². The molecule has 0 fully saturated rings. The van der Waals surface area contributed by atoms with Crippen LogP contribution < -0.4 is 10.6 Å². The molecule has 0 aliphatic rings. The molecule has 106 valence electrons. The number of rotatable bonds is 6. The van der Waals surface area contributed by atoms with Gasteiger partial charge in [0.15, 0.2) is 0 Å². The summed E-state index contributed by atoms with van der Waals surface area (Å²) in [6.45, 7) is 5.24. The number of pyridine rings is 1. The van der Waals surface area contributed by atoms with Gasteiger partial charge >= 0.3 is 0 Å². The van der Waals surface area contributed by atoms with E-state index in [1.54, 1.807) is 0 Å². The summed E-state index contributed by atoms with van der Waals surface area (Å²) in [5.41, 5.74) is 2.32. The average Bonchev–Trinajstić information content (AvgIpc) is 2.45. The predicted octanol–water partition coefficient (Wildman–Crippen LogP) is 4.84. The Kier molecular flexibility index (Phi) is 5.41.